The lowest BCUT2D eigenvalue weighted by Crippen LogP contribution is -2.12. The lowest BCUT2D eigenvalue weighted by Gasteiger charge is -2.03. The molecule has 1 amide bonds. The van der Waals surface area contributed by atoms with E-state index in [0.29, 0.717) is 23.8 Å². The number of thioether (sulfide) groups is 1. The molecular formula is C16H16N4O3S2. The van der Waals surface area contributed by atoms with E-state index in [1.54, 1.807) is 18.9 Å². The Kier molecular flexibility index (Phi) is 5.67. The Bertz CT molecular complexity index is 845. The van der Waals surface area contributed by atoms with Crippen molar-refractivity contribution in [3.63, 3.8) is 0 Å². The first-order valence-electron chi connectivity index (χ1n) is 7.47. The summed E-state index contributed by atoms with van der Waals surface area (Å²) in [6.45, 7) is 1.90. The highest BCUT2D eigenvalue weighted by atomic mass is 32.2. The van der Waals surface area contributed by atoms with Gasteiger partial charge < -0.3 is 9.15 Å². The van der Waals surface area contributed by atoms with Crippen LogP contribution in [-0.4, -0.2) is 34.0 Å². The molecule has 1 aromatic carbocycles. The number of carbonyl (C=O) groups excluding carboxylic acids is 1. The maximum absolute atomic E-state index is 12.0. The molecule has 130 valence electrons. The maximum atomic E-state index is 12.0. The average molecular weight is 376 g/mol. The number of benzene rings is 1. The minimum atomic E-state index is -0.175. The molecule has 2 aromatic heterocycles. The van der Waals surface area contributed by atoms with Gasteiger partial charge in [0.15, 0.2) is 0 Å². The van der Waals surface area contributed by atoms with Crippen LogP contribution < -0.4 is 10.1 Å². The van der Waals surface area contributed by atoms with Gasteiger partial charge in [-0.3, -0.25) is 10.1 Å². The SMILES string of the molecule is COc1ccc(SCCC(=O)Nc2nnc(-c3csc(C)n3)o2)cc1. The largest absolute Gasteiger partial charge is 0.497 e. The van der Waals surface area contributed by atoms with E-state index in [9.17, 15) is 4.79 Å². The summed E-state index contributed by atoms with van der Waals surface area (Å²) in [4.78, 5) is 17.3. The fourth-order valence-electron chi connectivity index (χ4n) is 1.95. The summed E-state index contributed by atoms with van der Waals surface area (Å²) in [6.07, 6.45) is 0.338. The topological polar surface area (TPSA) is 90.1 Å². The van der Waals surface area contributed by atoms with Gasteiger partial charge in [-0.1, -0.05) is 5.10 Å². The number of rotatable bonds is 7. The summed E-state index contributed by atoms with van der Waals surface area (Å²) in [5.41, 5.74) is 0.616. The molecule has 0 saturated heterocycles. The van der Waals surface area contributed by atoms with Crippen LogP contribution in [0.25, 0.3) is 11.6 Å². The zero-order valence-electron chi connectivity index (χ0n) is 13.7. The van der Waals surface area contributed by atoms with Gasteiger partial charge in [0.1, 0.15) is 11.4 Å². The van der Waals surface area contributed by atoms with Crippen molar-refractivity contribution in [3.8, 4) is 17.3 Å². The number of hydrogen-bond donors (Lipinski definition) is 1. The predicted molar refractivity (Wildman–Crippen MR) is 97.1 cm³/mol. The summed E-state index contributed by atoms with van der Waals surface area (Å²) < 4.78 is 10.5. The van der Waals surface area contributed by atoms with E-state index in [4.69, 9.17) is 9.15 Å². The van der Waals surface area contributed by atoms with E-state index in [1.165, 1.54) is 11.3 Å². The van der Waals surface area contributed by atoms with E-state index in [1.807, 2.05) is 36.6 Å². The fourth-order valence-corrected chi connectivity index (χ4v) is 3.39. The number of nitrogens with zero attached hydrogens (tertiary/aromatic N) is 3. The summed E-state index contributed by atoms with van der Waals surface area (Å²) in [7, 11) is 1.63. The maximum Gasteiger partial charge on any atom is 0.322 e. The molecule has 0 radical (unpaired) electrons. The fraction of sp³-hybridized carbons (Fsp3) is 0.250. The van der Waals surface area contributed by atoms with Crippen molar-refractivity contribution < 1.29 is 13.9 Å². The first-order valence-corrected chi connectivity index (χ1v) is 9.33. The summed E-state index contributed by atoms with van der Waals surface area (Å²) in [5, 5.41) is 13.1. The second-order valence-electron chi connectivity index (χ2n) is 4.99. The highest BCUT2D eigenvalue weighted by Gasteiger charge is 2.13. The number of nitrogens with one attached hydrogen (secondary N) is 1. The van der Waals surface area contributed by atoms with Gasteiger partial charge in [-0.25, -0.2) is 4.98 Å². The van der Waals surface area contributed by atoms with Crippen LogP contribution in [0, 0.1) is 6.92 Å². The molecule has 0 fully saturated rings. The van der Waals surface area contributed by atoms with E-state index in [2.05, 4.69) is 20.5 Å². The average Bonchev–Trinajstić information content (AvgIpc) is 3.24. The minimum Gasteiger partial charge on any atom is -0.497 e. The molecular weight excluding hydrogens is 360 g/mol. The molecule has 0 unspecified atom stereocenters. The van der Waals surface area contributed by atoms with Crippen LogP contribution in [-0.2, 0) is 4.79 Å². The Morgan fingerprint density at radius 2 is 2.12 bits per heavy atom. The summed E-state index contributed by atoms with van der Waals surface area (Å²) in [6, 6.07) is 7.79. The highest BCUT2D eigenvalue weighted by Crippen LogP contribution is 2.23. The Balaban J connectivity index is 1.47. The highest BCUT2D eigenvalue weighted by molar-refractivity contribution is 7.99. The van der Waals surface area contributed by atoms with E-state index in [0.717, 1.165) is 15.7 Å². The van der Waals surface area contributed by atoms with Gasteiger partial charge in [0, 0.05) is 22.4 Å². The molecule has 9 heteroatoms. The Hall–Kier alpha value is -2.39. The number of aryl methyl sites for hydroxylation is 1. The molecule has 3 rings (SSSR count). The monoisotopic (exact) mass is 376 g/mol. The second kappa shape index (κ2) is 8.13. The van der Waals surface area contributed by atoms with Crippen molar-refractivity contribution >= 4 is 35.0 Å². The molecule has 0 aliphatic carbocycles. The van der Waals surface area contributed by atoms with Gasteiger partial charge in [-0.05, 0) is 31.2 Å². The molecule has 0 atom stereocenters. The first kappa shape index (κ1) is 17.4. The Morgan fingerprint density at radius 3 is 2.80 bits per heavy atom. The third-order valence-electron chi connectivity index (χ3n) is 3.17. The molecule has 3 aromatic rings. The quantitative estimate of drug-likeness (QED) is 0.630. The van der Waals surface area contributed by atoms with Gasteiger partial charge in [0.25, 0.3) is 5.89 Å². The van der Waals surface area contributed by atoms with E-state index >= 15 is 0 Å². The predicted octanol–water partition coefficient (Wildman–Crippen LogP) is 3.63. The number of amides is 1. The molecule has 0 aliphatic rings. The number of aromatic nitrogens is 3. The van der Waals surface area contributed by atoms with Crippen molar-refractivity contribution in [3.05, 3.63) is 34.7 Å². The zero-order chi connectivity index (χ0) is 17.6. The zero-order valence-corrected chi connectivity index (χ0v) is 15.3. The van der Waals surface area contributed by atoms with Crippen LogP contribution in [0.15, 0.2) is 39.0 Å². The number of carbonyl (C=O) groups is 1. The van der Waals surface area contributed by atoms with Crippen molar-refractivity contribution in [1.82, 2.24) is 15.2 Å². The summed E-state index contributed by atoms with van der Waals surface area (Å²) >= 11 is 3.09. The molecule has 7 nitrogen and oxygen atoms in total. The number of ether oxygens (including phenoxy) is 1. The van der Waals surface area contributed by atoms with Gasteiger partial charge in [0.2, 0.25) is 5.91 Å². The van der Waals surface area contributed by atoms with Crippen LogP contribution in [0.5, 0.6) is 5.75 Å². The molecule has 0 bridgehead atoms. The number of anilines is 1. The van der Waals surface area contributed by atoms with Crippen LogP contribution in [0.3, 0.4) is 0 Å². The third kappa shape index (κ3) is 4.80. The molecule has 25 heavy (non-hydrogen) atoms. The molecule has 1 N–H and O–H groups in total. The lowest BCUT2D eigenvalue weighted by molar-refractivity contribution is -0.115. The van der Waals surface area contributed by atoms with Crippen molar-refractivity contribution in [2.45, 2.75) is 18.2 Å². The minimum absolute atomic E-state index is 0.0834. The third-order valence-corrected chi connectivity index (χ3v) is 4.95. The van der Waals surface area contributed by atoms with E-state index < -0.39 is 0 Å². The normalized spacial score (nSPS) is 10.6. The molecule has 2 heterocycles. The lowest BCUT2D eigenvalue weighted by atomic mass is 10.3. The van der Waals surface area contributed by atoms with Crippen LogP contribution in [0.4, 0.5) is 6.01 Å². The summed E-state index contributed by atoms with van der Waals surface area (Å²) in [5.74, 6) is 1.58. The smallest absolute Gasteiger partial charge is 0.322 e. The van der Waals surface area contributed by atoms with E-state index in [-0.39, 0.29) is 11.9 Å². The van der Waals surface area contributed by atoms with Gasteiger partial charge >= 0.3 is 6.01 Å². The van der Waals surface area contributed by atoms with Crippen LogP contribution in [0.1, 0.15) is 11.4 Å². The molecule has 0 saturated carbocycles. The molecule has 0 spiro atoms. The number of thiazole rings is 1. The van der Waals surface area contributed by atoms with Crippen LogP contribution in [0.2, 0.25) is 0 Å². The molecule has 0 aliphatic heterocycles. The first-order chi connectivity index (χ1) is 12.1. The van der Waals surface area contributed by atoms with Gasteiger partial charge in [-0.2, -0.15) is 0 Å². The van der Waals surface area contributed by atoms with Crippen molar-refractivity contribution in [2.75, 3.05) is 18.2 Å². The van der Waals surface area contributed by atoms with Crippen LogP contribution >= 0.6 is 23.1 Å². The second-order valence-corrected chi connectivity index (χ2v) is 7.22. The Labute approximate surface area is 152 Å². The number of methoxy groups -OCH3 is 1. The van der Waals surface area contributed by atoms with Gasteiger partial charge in [-0.15, -0.1) is 28.2 Å². The van der Waals surface area contributed by atoms with Crippen molar-refractivity contribution in [1.29, 1.82) is 0 Å². The van der Waals surface area contributed by atoms with Gasteiger partial charge in [0.05, 0.1) is 12.1 Å². The standard InChI is InChI=1S/C16H16N4O3S2/c1-10-17-13(9-25-10)15-19-20-16(23-15)18-14(21)7-8-24-12-5-3-11(22-2)4-6-12/h3-6,9H,7-8H2,1-2H3,(H,18,20,21). The number of hydrogen-bond acceptors (Lipinski definition) is 8. The Morgan fingerprint density at radius 1 is 1.32 bits per heavy atom. The van der Waals surface area contributed by atoms with Crippen molar-refractivity contribution in [2.24, 2.45) is 0 Å².